The molecule has 0 spiro atoms. The Bertz CT molecular complexity index is 976. The van der Waals surface area contributed by atoms with E-state index in [0.717, 1.165) is 49.3 Å². The molecule has 2 N–H and O–H groups in total. The maximum atomic E-state index is 13.8. The smallest absolute Gasteiger partial charge is 0.124 e. The third-order valence-corrected chi connectivity index (χ3v) is 7.44. The zero-order valence-corrected chi connectivity index (χ0v) is 19.4. The van der Waals surface area contributed by atoms with Gasteiger partial charge in [-0.2, -0.15) is 0 Å². The van der Waals surface area contributed by atoms with E-state index in [4.69, 9.17) is 22.0 Å². The summed E-state index contributed by atoms with van der Waals surface area (Å²) in [4.78, 5) is 7.55. The highest BCUT2D eigenvalue weighted by Gasteiger charge is 2.41. The van der Waals surface area contributed by atoms with Crippen molar-refractivity contribution in [3.05, 3.63) is 69.5 Å². The molecule has 2 unspecified atom stereocenters. The molecule has 3 atom stereocenters. The summed E-state index contributed by atoms with van der Waals surface area (Å²) < 4.78 is 13.8. The first-order valence-corrected chi connectivity index (χ1v) is 12.1. The van der Waals surface area contributed by atoms with Gasteiger partial charge in [0.15, 0.2) is 0 Å². The minimum absolute atomic E-state index is 0.261. The summed E-state index contributed by atoms with van der Waals surface area (Å²) in [5.74, 6) is 1.19. The Kier molecular flexibility index (Phi) is 6.99. The number of hydrogen-bond donors (Lipinski definition) is 2. The lowest BCUT2D eigenvalue weighted by atomic mass is 9.89. The van der Waals surface area contributed by atoms with Gasteiger partial charge in [-0.05, 0) is 69.3 Å². The summed E-state index contributed by atoms with van der Waals surface area (Å²) in [6.07, 6.45) is 8.82. The molecule has 0 bridgehead atoms. The predicted octanol–water partition coefficient (Wildman–Crippen LogP) is 5.73. The van der Waals surface area contributed by atoms with Crippen molar-refractivity contribution in [2.24, 2.45) is 10.9 Å². The Hall–Kier alpha value is -1.89. The fourth-order valence-corrected chi connectivity index (χ4v) is 5.80. The van der Waals surface area contributed by atoms with Gasteiger partial charge in [-0.15, -0.1) is 11.8 Å². The summed E-state index contributed by atoms with van der Waals surface area (Å²) in [5, 5.41) is 14.8. The Morgan fingerprint density at radius 1 is 1.45 bits per heavy atom. The maximum Gasteiger partial charge on any atom is 0.124 e. The van der Waals surface area contributed by atoms with E-state index >= 15 is 0 Å². The lowest BCUT2D eigenvalue weighted by Crippen LogP contribution is -2.39. The number of nitrogens with one attached hydrogen (secondary N) is 2. The van der Waals surface area contributed by atoms with Crippen LogP contribution in [0.1, 0.15) is 37.8 Å². The van der Waals surface area contributed by atoms with E-state index in [1.54, 1.807) is 17.8 Å². The average Bonchev–Trinajstić information content (AvgIpc) is 3.41. The van der Waals surface area contributed by atoms with Gasteiger partial charge >= 0.3 is 0 Å². The third kappa shape index (κ3) is 4.52. The monoisotopic (exact) mass is 458 g/mol. The van der Waals surface area contributed by atoms with Crippen molar-refractivity contribution in [1.82, 2.24) is 10.2 Å². The van der Waals surface area contributed by atoms with Crippen molar-refractivity contribution in [1.29, 1.82) is 5.41 Å². The van der Waals surface area contributed by atoms with Crippen LogP contribution in [-0.4, -0.2) is 41.8 Å². The number of fused-ring (bicyclic) bond motifs is 1. The molecule has 0 radical (unpaired) electrons. The highest BCUT2D eigenvalue weighted by Crippen LogP contribution is 2.45. The Labute approximate surface area is 192 Å². The van der Waals surface area contributed by atoms with Crippen LogP contribution in [0.3, 0.4) is 0 Å². The number of benzene rings is 1. The standard InChI is InChI=1S/C24H28ClFN4S/c1-3-5-19(27)22-20-12-15(9-10-28-2)14-30(20)24(21-6-4-11-31-21)29-23(22)17-8-7-16(26)13-18(17)25/h3-5,7-8,11,13,15,21,23,27-28H,6,9-10,12,14H2,1-2H3/b5-3-,27-19?/t15?,21?,23-/m0/s1. The third-order valence-electron chi connectivity index (χ3n) is 6.03. The van der Waals surface area contributed by atoms with E-state index in [0.29, 0.717) is 16.7 Å². The fraction of sp³-hybridized carbons (Fsp3) is 0.417. The molecule has 1 fully saturated rings. The summed E-state index contributed by atoms with van der Waals surface area (Å²) in [5.41, 5.74) is 3.26. The Balaban J connectivity index is 1.83. The van der Waals surface area contributed by atoms with Crippen LogP contribution in [0.4, 0.5) is 4.39 Å². The highest BCUT2D eigenvalue weighted by atomic mass is 35.5. The van der Waals surface area contributed by atoms with E-state index in [2.05, 4.69) is 21.7 Å². The molecule has 1 aromatic carbocycles. The average molecular weight is 459 g/mol. The molecule has 0 amide bonds. The molecule has 3 heterocycles. The van der Waals surface area contributed by atoms with Crippen molar-refractivity contribution >= 4 is 34.9 Å². The number of halogens is 2. The Morgan fingerprint density at radius 3 is 2.97 bits per heavy atom. The van der Waals surface area contributed by atoms with Gasteiger partial charge < -0.3 is 15.6 Å². The van der Waals surface area contributed by atoms with Crippen LogP contribution in [0, 0.1) is 17.1 Å². The molecule has 7 heteroatoms. The van der Waals surface area contributed by atoms with Crippen molar-refractivity contribution in [2.75, 3.05) is 20.1 Å². The van der Waals surface area contributed by atoms with Gasteiger partial charge in [0.05, 0.1) is 11.0 Å². The van der Waals surface area contributed by atoms with Gasteiger partial charge in [0.2, 0.25) is 0 Å². The van der Waals surface area contributed by atoms with Gasteiger partial charge in [0.25, 0.3) is 0 Å². The van der Waals surface area contributed by atoms with Crippen LogP contribution in [-0.2, 0) is 0 Å². The van der Waals surface area contributed by atoms with Crippen molar-refractivity contribution in [2.45, 2.75) is 37.5 Å². The van der Waals surface area contributed by atoms with Gasteiger partial charge in [0.1, 0.15) is 17.7 Å². The predicted molar refractivity (Wildman–Crippen MR) is 130 cm³/mol. The molecule has 0 saturated carbocycles. The van der Waals surface area contributed by atoms with Crippen LogP contribution in [0.25, 0.3) is 0 Å². The first-order chi connectivity index (χ1) is 15.0. The van der Waals surface area contributed by atoms with Gasteiger partial charge in [0, 0.05) is 28.4 Å². The van der Waals surface area contributed by atoms with Crippen molar-refractivity contribution in [3.8, 4) is 0 Å². The minimum Gasteiger partial charge on any atom is -0.332 e. The van der Waals surface area contributed by atoms with Crippen LogP contribution in [0.5, 0.6) is 0 Å². The number of nitrogens with zero attached hydrogens (tertiary/aromatic N) is 2. The number of amidine groups is 1. The van der Waals surface area contributed by atoms with Gasteiger partial charge in [-0.3, -0.25) is 4.99 Å². The molecule has 1 aromatic rings. The van der Waals surface area contributed by atoms with Crippen LogP contribution in [0.15, 0.2) is 58.1 Å². The number of aliphatic imine (C=N–C) groups is 1. The summed E-state index contributed by atoms with van der Waals surface area (Å²) in [6, 6.07) is 4.09. The Morgan fingerprint density at radius 2 is 2.29 bits per heavy atom. The van der Waals surface area contributed by atoms with Crippen LogP contribution < -0.4 is 5.32 Å². The highest BCUT2D eigenvalue weighted by molar-refractivity contribution is 8.03. The lowest BCUT2D eigenvalue weighted by molar-refractivity contribution is 0.456. The van der Waals surface area contributed by atoms with Crippen LogP contribution in [0.2, 0.25) is 5.02 Å². The molecule has 3 aliphatic heterocycles. The molecule has 164 valence electrons. The molecule has 4 nitrogen and oxygen atoms in total. The lowest BCUT2D eigenvalue weighted by Gasteiger charge is -2.35. The van der Waals surface area contributed by atoms with Crippen LogP contribution >= 0.6 is 23.4 Å². The molecule has 3 aliphatic rings. The molecule has 4 rings (SSSR count). The quantitative estimate of drug-likeness (QED) is 0.513. The topological polar surface area (TPSA) is 51.5 Å². The second-order valence-corrected chi connectivity index (χ2v) is 9.66. The SMILES string of the molecule is C/C=C\C(=N)C1=C2CC(CCNC)CN2C(C2CC=CS2)=N[C@H]1c1ccc(F)cc1Cl. The van der Waals surface area contributed by atoms with Gasteiger partial charge in [-0.25, -0.2) is 4.39 Å². The van der Waals surface area contributed by atoms with E-state index in [1.807, 2.05) is 26.1 Å². The largest absolute Gasteiger partial charge is 0.332 e. The summed E-state index contributed by atoms with van der Waals surface area (Å²) in [6.45, 7) is 3.80. The second-order valence-electron chi connectivity index (χ2n) is 8.13. The van der Waals surface area contributed by atoms with Crippen molar-refractivity contribution < 1.29 is 4.39 Å². The normalized spacial score (nSPS) is 25.5. The second kappa shape index (κ2) is 9.72. The zero-order valence-electron chi connectivity index (χ0n) is 17.9. The number of allylic oxidation sites excluding steroid dienone is 4. The molecule has 31 heavy (non-hydrogen) atoms. The summed E-state index contributed by atoms with van der Waals surface area (Å²) >= 11 is 8.29. The van der Waals surface area contributed by atoms with Gasteiger partial charge in [-0.1, -0.05) is 29.8 Å². The fourth-order valence-electron chi connectivity index (χ4n) is 4.59. The zero-order chi connectivity index (χ0) is 22.0. The first-order valence-electron chi connectivity index (χ1n) is 10.7. The number of rotatable bonds is 7. The maximum absolute atomic E-state index is 13.8. The van der Waals surface area contributed by atoms with E-state index in [9.17, 15) is 4.39 Å². The molecule has 0 aliphatic carbocycles. The molecule has 0 aromatic heterocycles. The molecular formula is C24H28ClFN4S. The molecular weight excluding hydrogens is 431 g/mol. The van der Waals surface area contributed by atoms with E-state index in [-0.39, 0.29) is 11.1 Å². The van der Waals surface area contributed by atoms with E-state index in [1.165, 1.54) is 17.8 Å². The number of thioether (sulfide) groups is 1. The summed E-state index contributed by atoms with van der Waals surface area (Å²) in [7, 11) is 1.98. The minimum atomic E-state index is -0.401. The van der Waals surface area contributed by atoms with Crippen molar-refractivity contribution in [3.63, 3.8) is 0 Å². The first kappa shape index (κ1) is 22.3. The number of hydrogen-bond acceptors (Lipinski definition) is 5. The molecule has 1 saturated heterocycles. The van der Waals surface area contributed by atoms with E-state index < -0.39 is 6.04 Å².